The summed E-state index contributed by atoms with van der Waals surface area (Å²) < 4.78 is 0. The molecule has 1 fully saturated rings. The summed E-state index contributed by atoms with van der Waals surface area (Å²) >= 11 is 0. The molecule has 0 saturated heterocycles. The third-order valence-corrected chi connectivity index (χ3v) is 4.87. The third-order valence-electron chi connectivity index (χ3n) is 4.87. The second-order valence-electron chi connectivity index (χ2n) is 6.59. The molecule has 5 nitrogen and oxygen atoms in total. The van der Waals surface area contributed by atoms with E-state index in [0.29, 0.717) is 25.8 Å². The van der Waals surface area contributed by atoms with Crippen molar-refractivity contribution in [2.45, 2.75) is 58.8 Å². The molecule has 0 aliphatic heterocycles. The fourth-order valence-corrected chi connectivity index (χ4v) is 3.78. The van der Waals surface area contributed by atoms with Crippen LogP contribution in [-0.4, -0.2) is 18.1 Å². The van der Waals surface area contributed by atoms with Gasteiger partial charge in [0.05, 0.1) is 0 Å². The van der Waals surface area contributed by atoms with Gasteiger partial charge in [-0.15, -0.1) is 0 Å². The fourth-order valence-electron chi connectivity index (χ4n) is 3.78. The third kappa shape index (κ3) is 3.85. The van der Waals surface area contributed by atoms with E-state index in [1.54, 1.807) is 0 Å². The van der Waals surface area contributed by atoms with Crippen molar-refractivity contribution in [2.75, 3.05) is 6.54 Å². The highest BCUT2D eigenvalue weighted by atomic mass is 16.2. The summed E-state index contributed by atoms with van der Waals surface area (Å²) in [5.41, 5.74) is 12.7. The Hall–Kier alpha value is -2.13. The van der Waals surface area contributed by atoms with E-state index in [0.717, 1.165) is 29.5 Å². The molecule has 0 heterocycles. The maximum atomic E-state index is 12.7. The lowest BCUT2D eigenvalue weighted by Gasteiger charge is -2.29. The van der Waals surface area contributed by atoms with Crippen molar-refractivity contribution in [3.63, 3.8) is 0 Å². The van der Waals surface area contributed by atoms with Gasteiger partial charge in [-0.3, -0.25) is 9.59 Å². The zero-order chi connectivity index (χ0) is 17.7. The molecule has 128 valence electrons. The number of aryl methyl sites for hydroxylation is 3. The van der Waals surface area contributed by atoms with Crippen LogP contribution in [0.15, 0.2) is 17.2 Å². The molecule has 1 aromatic carbocycles. The van der Waals surface area contributed by atoms with Gasteiger partial charge < -0.3 is 0 Å². The molecule has 1 aromatic rings. The summed E-state index contributed by atoms with van der Waals surface area (Å²) in [5.74, 6) is -0.561. The maximum absolute atomic E-state index is 12.7. The first kappa shape index (κ1) is 18.2. The lowest BCUT2D eigenvalue weighted by atomic mass is 9.72. The smallest absolute Gasteiger partial charge is 0.148 e. The Morgan fingerprint density at radius 2 is 1.67 bits per heavy atom. The highest BCUT2D eigenvalue weighted by Crippen LogP contribution is 2.36. The highest BCUT2D eigenvalue weighted by Gasteiger charge is 2.38. The summed E-state index contributed by atoms with van der Waals surface area (Å²) in [7, 11) is 0. The van der Waals surface area contributed by atoms with Crippen LogP contribution in [0.2, 0.25) is 0 Å². The van der Waals surface area contributed by atoms with Gasteiger partial charge in [0, 0.05) is 24.3 Å². The molecule has 0 radical (unpaired) electrons. The lowest BCUT2D eigenvalue weighted by molar-refractivity contribution is -0.133. The van der Waals surface area contributed by atoms with E-state index in [1.807, 2.05) is 0 Å². The zero-order valence-electron chi connectivity index (χ0n) is 14.7. The van der Waals surface area contributed by atoms with Crippen LogP contribution in [0.4, 0.5) is 0 Å². The van der Waals surface area contributed by atoms with Gasteiger partial charge >= 0.3 is 0 Å². The van der Waals surface area contributed by atoms with Crippen molar-refractivity contribution in [1.29, 1.82) is 0 Å². The van der Waals surface area contributed by atoms with Crippen LogP contribution in [0.5, 0.6) is 0 Å². The van der Waals surface area contributed by atoms with E-state index in [-0.39, 0.29) is 17.5 Å². The summed E-state index contributed by atoms with van der Waals surface area (Å²) in [4.78, 5) is 28.2. The molecule has 0 amide bonds. The van der Waals surface area contributed by atoms with Crippen molar-refractivity contribution >= 4 is 11.6 Å². The number of hydrogen-bond donors (Lipinski definition) is 0. The quantitative estimate of drug-likeness (QED) is 0.334. The van der Waals surface area contributed by atoms with Crippen molar-refractivity contribution in [3.05, 3.63) is 44.8 Å². The second-order valence-corrected chi connectivity index (χ2v) is 6.59. The Morgan fingerprint density at radius 3 is 2.12 bits per heavy atom. The topological polar surface area (TPSA) is 82.9 Å². The van der Waals surface area contributed by atoms with E-state index in [9.17, 15) is 9.59 Å². The highest BCUT2D eigenvalue weighted by molar-refractivity contribution is 6.10. The Labute approximate surface area is 143 Å². The minimum absolute atomic E-state index is 0.00681. The van der Waals surface area contributed by atoms with Crippen LogP contribution in [0, 0.1) is 12.8 Å². The van der Waals surface area contributed by atoms with Crippen LogP contribution >= 0.6 is 0 Å². The number of Topliss-reactive ketones (excluding diaryl/α,β-unsaturated/α-hetero) is 2. The molecule has 24 heavy (non-hydrogen) atoms. The second kappa shape index (κ2) is 8.11. The molecule has 0 aromatic heterocycles. The number of rotatable bonds is 6. The number of carbonyl (C=O) groups excluding carboxylic acids is 2. The van der Waals surface area contributed by atoms with Crippen molar-refractivity contribution < 1.29 is 9.59 Å². The largest absolute Gasteiger partial charge is 0.299 e. The standard InChI is InChI=1S/C19H25N3O2/c1-4-14-8-12(3)9-15(5-2)18(14)19-16(23)10-13(11-17(19)24)6-7-21-22-20/h8-9,13,19H,4-7,10-11H2,1-3H3. The molecule has 0 bridgehead atoms. The molecule has 1 aliphatic carbocycles. The zero-order valence-corrected chi connectivity index (χ0v) is 14.7. The van der Waals surface area contributed by atoms with E-state index >= 15 is 0 Å². The minimum Gasteiger partial charge on any atom is -0.299 e. The van der Waals surface area contributed by atoms with Gasteiger partial charge in [0.1, 0.15) is 17.5 Å². The SMILES string of the molecule is CCc1cc(C)cc(CC)c1C1C(=O)CC(CCN=[N+]=[N-])CC1=O. The Kier molecular flexibility index (Phi) is 6.16. The molecule has 0 atom stereocenters. The number of hydrogen-bond acceptors (Lipinski definition) is 3. The van der Waals surface area contributed by atoms with E-state index in [4.69, 9.17) is 5.53 Å². The summed E-state index contributed by atoms with van der Waals surface area (Å²) in [6.07, 6.45) is 3.04. The Bertz CT molecular complexity index is 647. The predicted octanol–water partition coefficient (Wildman–Crippen LogP) is 4.45. The normalized spacial score (nSPS) is 20.8. The monoisotopic (exact) mass is 327 g/mol. The first-order valence-corrected chi connectivity index (χ1v) is 8.70. The molecule has 0 N–H and O–H groups in total. The Morgan fingerprint density at radius 1 is 1.12 bits per heavy atom. The van der Waals surface area contributed by atoms with E-state index < -0.39 is 5.92 Å². The molecular formula is C19H25N3O2. The van der Waals surface area contributed by atoms with Gasteiger partial charge in [-0.1, -0.05) is 36.7 Å². The van der Waals surface area contributed by atoms with Gasteiger partial charge in [-0.25, -0.2) is 0 Å². The molecular weight excluding hydrogens is 302 g/mol. The maximum Gasteiger partial charge on any atom is 0.148 e. The Balaban J connectivity index is 2.32. The molecule has 1 saturated carbocycles. The first-order valence-electron chi connectivity index (χ1n) is 8.70. The van der Waals surface area contributed by atoms with Gasteiger partial charge in [-0.2, -0.15) is 0 Å². The summed E-state index contributed by atoms with van der Waals surface area (Å²) in [6.45, 7) is 6.53. The van der Waals surface area contributed by atoms with E-state index in [2.05, 4.69) is 42.9 Å². The number of benzene rings is 1. The van der Waals surface area contributed by atoms with Crippen molar-refractivity contribution in [3.8, 4) is 0 Å². The molecule has 5 heteroatoms. The molecule has 0 unspecified atom stereocenters. The van der Waals surface area contributed by atoms with Gasteiger partial charge in [-0.05, 0) is 54.3 Å². The van der Waals surface area contributed by atoms with Gasteiger partial charge in [0.2, 0.25) is 0 Å². The van der Waals surface area contributed by atoms with Crippen LogP contribution in [0.3, 0.4) is 0 Å². The van der Waals surface area contributed by atoms with Crippen LogP contribution in [-0.2, 0) is 22.4 Å². The minimum atomic E-state index is -0.605. The van der Waals surface area contributed by atoms with E-state index in [1.165, 1.54) is 5.56 Å². The van der Waals surface area contributed by atoms with Crippen molar-refractivity contribution in [2.24, 2.45) is 11.0 Å². The van der Waals surface area contributed by atoms with Crippen LogP contribution < -0.4 is 0 Å². The number of azide groups is 1. The van der Waals surface area contributed by atoms with Crippen LogP contribution in [0.1, 0.15) is 61.3 Å². The summed E-state index contributed by atoms with van der Waals surface area (Å²) in [6, 6.07) is 4.20. The van der Waals surface area contributed by atoms with Gasteiger partial charge in [0.15, 0.2) is 0 Å². The molecule has 2 rings (SSSR count). The molecule has 1 aliphatic rings. The lowest BCUT2D eigenvalue weighted by Crippen LogP contribution is -2.33. The number of nitrogens with zero attached hydrogens (tertiary/aromatic N) is 3. The molecule has 0 spiro atoms. The number of ketones is 2. The van der Waals surface area contributed by atoms with Crippen LogP contribution in [0.25, 0.3) is 10.4 Å². The van der Waals surface area contributed by atoms with Gasteiger partial charge in [0.25, 0.3) is 0 Å². The summed E-state index contributed by atoms with van der Waals surface area (Å²) in [5, 5.41) is 3.52. The first-order chi connectivity index (χ1) is 11.5. The fraction of sp³-hybridized carbons (Fsp3) is 0.579. The number of carbonyl (C=O) groups is 2. The van der Waals surface area contributed by atoms with Crippen molar-refractivity contribution in [1.82, 2.24) is 0 Å². The average Bonchev–Trinajstić information content (AvgIpc) is 2.55. The predicted molar refractivity (Wildman–Crippen MR) is 94.0 cm³/mol. The average molecular weight is 327 g/mol.